The van der Waals surface area contributed by atoms with E-state index in [2.05, 4.69) is 31.0 Å². The van der Waals surface area contributed by atoms with Gasteiger partial charge in [0, 0.05) is 9.50 Å². The summed E-state index contributed by atoms with van der Waals surface area (Å²) in [6, 6.07) is 10.1. The van der Waals surface area contributed by atoms with Crippen molar-refractivity contribution in [2.75, 3.05) is 13.7 Å². The van der Waals surface area contributed by atoms with Gasteiger partial charge in [0.15, 0.2) is 11.8 Å². The maximum Gasteiger partial charge on any atom is 0.343 e. The van der Waals surface area contributed by atoms with E-state index >= 15 is 0 Å². The second-order valence-corrected chi connectivity index (χ2v) is 8.35. The number of benzene rings is 2. The van der Waals surface area contributed by atoms with Crippen LogP contribution in [-0.2, 0) is 14.3 Å². The second kappa shape index (κ2) is 9.67. The molecule has 0 spiro atoms. The van der Waals surface area contributed by atoms with Gasteiger partial charge in [-0.05, 0) is 59.8 Å². The molecule has 1 aliphatic heterocycles. The highest BCUT2D eigenvalue weighted by Gasteiger charge is 2.24. The number of esters is 1. The van der Waals surface area contributed by atoms with Gasteiger partial charge < -0.3 is 14.8 Å². The van der Waals surface area contributed by atoms with E-state index in [1.165, 1.54) is 18.9 Å². The number of rotatable bonds is 5. The number of carbonyl (C=O) groups is 2. The van der Waals surface area contributed by atoms with Crippen molar-refractivity contribution in [1.82, 2.24) is 5.32 Å². The summed E-state index contributed by atoms with van der Waals surface area (Å²) < 4.78 is 10.7. The average Bonchev–Trinajstić information content (AvgIpc) is 3.03. The lowest BCUT2D eigenvalue weighted by molar-refractivity contribution is -0.142. The fraction of sp³-hybridized carbons (Fsp3) is 0.105. The Morgan fingerprint density at radius 1 is 1.28 bits per heavy atom. The van der Waals surface area contributed by atoms with Gasteiger partial charge in [-0.15, -0.1) is 0 Å². The summed E-state index contributed by atoms with van der Waals surface area (Å²) in [5.41, 5.74) is 1.16. The lowest BCUT2D eigenvalue weighted by atomic mass is 10.2. The molecule has 2 aromatic rings. The van der Waals surface area contributed by atoms with Crippen LogP contribution in [0.25, 0.3) is 6.08 Å². The number of hydrogen-bond donors (Lipinski definition) is 1. The number of hydrogen-bond acceptors (Lipinski definition) is 6. The van der Waals surface area contributed by atoms with Gasteiger partial charge in [-0.1, -0.05) is 39.1 Å². The Morgan fingerprint density at radius 3 is 2.83 bits per heavy atom. The number of aliphatic imine (C=N–C) groups is 1. The molecule has 0 bridgehead atoms. The van der Waals surface area contributed by atoms with Crippen molar-refractivity contribution in [2.45, 2.75) is 0 Å². The predicted octanol–water partition coefficient (Wildman–Crippen LogP) is 5.20. The largest absolute Gasteiger partial charge is 0.482 e. The fourth-order valence-electron chi connectivity index (χ4n) is 2.23. The van der Waals surface area contributed by atoms with E-state index in [1.807, 2.05) is 0 Å². The number of nitrogens with zero attached hydrogens (tertiary/aromatic N) is 1. The van der Waals surface area contributed by atoms with Crippen LogP contribution in [-0.4, -0.2) is 30.8 Å². The summed E-state index contributed by atoms with van der Waals surface area (Å²) in [5, 5.41) is 4.00. The van der Waals surface area contributed by atoms with E-state index in [4.69, 9.17) is 27.9 Å². The maximum absolute atomic E-state index is 12.3. The molecule has 1 fully saturated rings. The summed E-state index contributed by atoms with van der Waals surface area (Å²) in [6.07, 6.45) is 1.69. The van der Waals surface area contributed by atoms with Crippen molar-refractivity contribution in [3.05, 3.63) is 61.4 Å². The molecular weight excluding hydrogens is 503 g/mol. The zero-order valence-electron chi connectivity index (χ0n) is 14.9. The third kappa shape index (κ3) is 5.76. The number of amidine groups is 1. The van der Waals surface area contributed by atoms with Gasteiger partial charge in [0.2, 0.25) is 0 Å². The molecule has 0 saturated carbocycles. The SMILES string of the molecule is COC(=O)COc1ccc(Br)c(/C=C2/SC(=Nc3cc(Cl)ccc3Cl)NC2=O)c1. The van der Waals surface area contributed by atoms with Gasteiger partial charge in [0.05, 0.1) is 22.7 Å². The summed E-state index contributed by atoms with van der Waals surface area (Å²) in [4.78, 5) is 28.4. The molecule has 10 heteroatoms. The Hall–Kier alpha value is -2.00. The first-order chi connectivity index (χ1) is 13.9. The highest BCUT2D eigenvalue weighted by molar-refractivity contribution is 9.10. The molecule has 1 heterocycles. The fourth-order valence-corrected chi connectivity index (χ4v) is 3.74. The Balaban J connectivity index is 1.82. The zero-order valence-corrected chi connectivity index (χ0v) is 18.8. The number of amides is 1. The minimum absolute atomic E-state index is 0.208. The van der Waals surface area contributed by atoms with Crippen molar-refractivity contribution in [2.24, 2.45) is 4.99 Å². The Bertz CT molecular complexity index is 1040. The van der Waals surface area contributed by atoms with Crippen LogP contribution < -0.4 is 10.1 Å². The van der Waals surface area contributed by atoms with Crippen molar-refractivity contribution in [3.8, 4) is 5.75 Å². The van der Waals surface area contributed by atoms with Crippen molar-refractivity contribution >= 4 is 79.7 Å². The normalized spacial score (nSPS) is 16.2. The molecule has 0 unspecified atom stereocenters. The van der Waals surface area contributed by atoms with Gasteiger partial charge in [-0.3, -0.25) is 4.79 Å². The third-order valence-corrected chi connectivity index (χ3v) is 5.81. The second-order valence-electron chi connectivity index (χ2n) is 5.63. The van der Waals surface area contributed by atoms with Crippen LogP contribution in [0, 0.1) is 0 Å². The number of carbonyl (C=O) groups excluding carboxylic acids is 2. The molecule has 2 aromatic carbocycles. The molecule has 3 rings (SSSR count). The van der Waals surface area contributed by atoms with Gasteiger partial charge in [-0.2, -0.15) is 0 Å². The predicted molar refractivity (Wildman–Crippen MR) is 119 cm³/mol. The van der Waals surface area contributed by atoms with E-state index < -0.39 is 5.97 Å². The third-order valence-electron chi connectivity index (χ3n) is 3.62. The minimum Gasteiger partial charge on any atom is -0.482 e. The number of ether oxygens (including phenoxy) is 2. The van der Waals surface area contributed by atoms with Gasteiger partial charge >= 0.3 is 5.97 Å². The highest BCUT2D eigenvalue weighted by atomic mass is 79.9. The first-order valence-electron chi connectivity index (χ1n) is 8.09. The highest BCUT2D eigenvalue weighted by Crippen LogP contribution is 2.34. The smallest absolute Gasteiger partial charge is 0.343 e. The van der Waals surface area contributed by atoms with Crippen LogP contribution in [0.4, 0.5) is 5.69 Å². The summed E-state index contributed by atoms with van der Waals surface area (Å²) in [7, 11) is 1.29. The molecule has 0 atom stereocenters. The molecule has 150 valence electrons. The lowest BCUT2D eigenvalue weighted by Gasteiger charge is -2.07. The summed E-state index contributed by atoms with van der Waals surface area (Å²) >= 11 is 16.7. The van der Waals surface area contributed by atoms with Crippen LogP contribution in [0.5, 0.6) is 5.75 Å². The van der Waals surface area contributed by atoms with E-state index in [-0.39, 0.29) is 12.5 Å². The Labute approximate surface area is 189 Å². The van der Waals surface area contributed by atoms with Crippen LogP contribution in [0.1, 0.15) is 5.56 Å². The molecule has 1 saturated heterocycles. The number of nitrogens with one attached hydrogen (secondary N) is 1. The van der Waals surface area contributed by atoms with Gasteiger partial charge in [0.1, 0.15) is 5.75 Å². The summed E-state index contributed by atoms with van der Waals surface area (Å²) in [5.74, 6) is -0.313. The van der Waals surface area contributed by atoms with Gasteiger partial charge in [0.25, 0.3) is 5.91 Å². The first-order valence-corrected chi connectivity index (χ1v) is 10.5. The van der Waals surface area contributed by atoms with E-state index in [0.717, 1.165) is 4.47 Å². The van der Waals surface area contributed by atoms with Crippen molar-refractivity contribution in [1.29, 1.82) is 0 Å². The van der Waals surface area contributed by atoms with Crippen LogP contribution in [0.15, 0.2) is 50.8 Å². The molecular formula is C19H13BrCl2N2O4S. The molecule has 1 aliphatic rings. The monoisotopic (exact) mass is 514 g/mol. The van der Waals surface area contributed by atoms with Crippen molar-refractivity contribution < 1.29 is 19.1 Å². The van der Waals surface area contributed by atoms with Crippen molar-refractivity contribution in [3.63, 3.8) is 0 Å². The van der Waals surface area contributed by atoms with E-state index in [0.29, 0.717) is 37.1 Å². The Morgan fingerprint density at radius 2 is 2.07 bits per heavy atom. The topological polar surface area (TPSA) is 77.0 Å². The maximum atomic E-state index is 12.3. The van der Waals surface area contributed by atoms with Crippen LogP contribution in [0.2, 0.25) is 10.0 Å². The summed E-state index contributed by atoms with van der Waals surface area (Å²) in [6.45, 7) is -0.208. The lowest BCUT2D eigenvalue weighted by Crippen LogP contribution is -2.19. The minimum atomic E-state index is -0.487. The number of thioether (sulfide) groups is 1. The molecule has 1 N–H and O–H groups in total. The molecule has 0 aromatic heterocycles. The standard InChI is InChI=1S/C19H13BrCl2N2O4S/c1-27-17(25)9-28-12-3-4-13(20)10(6-12)7-16-18(26)24-19(29-16)23-15-8-11(21)2-5-14(15)22/h2-8H,9H2,1H3,(H,23,24,26)/b16-7+. The first kappa shape index (κ1) is 21.7. The van der Waals surface area contributed by atoms with E-state index in [1.54, 1.807) is 42.5 Å². The molecule has 6 nitrogen and oxygen atoms in total. The quantitative estimate of drug-likeness (QED) is 0.437. The van der Waals surface area contributed by atoms with E-state index in [9.17, 15) is 9.59 Å². The molecule has 1 amide bonds. The number of methoxy groups -OCH3 is 1. The molecule has 0 radical (unpaired) electrons. The molecule has 0 aliphatic carbocycles. The molecule has 29 heavy (non-hydrogen) atoms. The number of halogens is 3. The van der Waals surface area contributed by atoms with Gasteiger partial charge in [-0.25, -0.2) is 9.79 Å². The van der Waals surface area contributed by atoms with Crippen LogP contribution in [0.3, 0.4) is 0 Å². The average molecular weight is 516 g/mol. The zero-order chi connectivity index (χ0) is 21.0. The van der Waals surface area contributed by atoms with Crippen LogP contribution >= 0.6 is 50.9 Å². The Kier molecular flexibility index (Phi) is 7.23.